The molecule has 0 aliphatic carbocycles. The van der Waals surface area contributed by atoms with E-state index in [1.54, 1.807) is 0 Å². The van der Waals surface area contributed by atoms with Crippen LogP contribution in [0.2, 0.25) is 0 Å². The van der Waals surface area contributed by atoms with Gasteiger partial charge in [-0.3, -0.25) is 0 Å². The molecule has 0 bridgehead atoms. The first-order chi connectivity index (χ1) is 11.9. The number of benzene rings is 2. The lowest BCUT2D eigenvalue weighted by atomic mass is 10.2. The molecule has 3 rings (SSSR count). The number of hydrogen-bond acceptors (Lipinski definition) is 4. The number of anilines is 1. The number of ether oxygens (including phenoxy) is 1. The number of nitrogens with zero attached hydrogens (tertiary/aromatic N) is 2. The minimum Gasteiger partial charge on any atom is -0.481 e. The largest absolute Gasteiger partial charge is 0.481 e. The Morgan fingerprint density at radius 3 is 2.42 bits per heavy atom. The van der Waals surface area contributed by atoms with Gasteiger partial charge in [-0.1, -0.05) is 43.2 Å². The molecule has 1 aromatic heterocycles. The first kappa shape index (κ1) is 15.8. The van der Waals surface area contributed by atoms with E-state index in [-0.39, 0.29) is 0 Å². The van der Waals surface area contributed by atoms with Gasteiger partial charge in [0.15, 0.2) is 11.5 Å². The Kier molecular flexibility index (Phi) is 5.26. The molecule has 3 aromatic rings. The van der Waals surface area contributed by atoms with E-state index in [2.05, 4.69) is 34.0 Å². The molecular weight excluding hydrogens is 298 g/mol. The van der Waals surface area contributed by atoms with E-state index in [4.69, 9.17) is 4.74 Å². The zero-order valence-electron chi connectivity index (χ0n) is 13.6. The van der Waals surface area contributed by atoms with Crippen molar-refractivity contribution in [3.05, 3.63) is 60.3 Å². The lowest BCUT2D eigenvalue weighted by Gasteiger charge is -2.07. The number of para-hydroxylation sites is 3. The van der Waals surface area contributed by atoms with Crippen LogP contribution < -0.4 is 10.1 Å². The smallest absolute Gasteiger partial charge is 0.161 e. The van der Waals surface area contributed by atoms with Gasteiger partial charge in [-0.05, 0) is 36.6 Å². The Morgan fingerprint density at radius 2 is 1.67 bits per heavy atom. The number of aromatic nitrogens is 2. The summed E-state index contributed by atoms with van der Waals surface area (Å²) >= 11 is 0. The molecule has 0 fully saturated rings. The van der Waals surface area contributed by atoms with E-state index >= 15 is 0 Å². The normalized spacial score (nSPS) is 10.0. The van der Waals surface area contributed by atoms with E-state index in [0.717, 1.165) is 35.6 Å². The van der Waals surface area contributed by atoms with Crippen LogP contribution in [0.4, 0.5) is 5.82 Å². The second-order valence-electron chi connectivity index (χ2n) is 5.24. The summed E-state index contributed by atoms with van der Waals surface area (Å²) in [5, 5.41) is 3.30. The van der Waals surface area contributed by atoms with Crippen LogP contribution in [-0.4, -0.2) is 23.1 Å². The predicted molar refractivity (Wildman–Crippen MR) is 97.1 cm³/mol. The fourth-order valence-corrected chi connectivity index (χ4v) is 2.21. The van der Waals surface area contributed by atoms with Crippen LogP contribution in [-0.2, 0) is 0 Å². The predicted octanol–water partition coefficient (Wildman–Crippen LogP) is 3.88. The van der Waals surface area contributed by atoms with Crippen molar-refractivity contribution in [3.63, 3.8) is 0 Å². The number of hydrogen-bond donors (Lipinski definition) is 1. The van der Waals surface area contributed by atoms with Crippen LogP contribution in [0.25, 0.3) is 11.0 Å². The Hall–Kier alpha value is -3.06. The van der Waals surface area contributed by atoms with Crippen molar-refractivity contribution in [2.24, 2.45) is 0 Å². The highest BCUT2D eigenvalue weighted by Crippen LogP contribution is 2.16. The molecule has 0 atom stereocenters. The third kappa shape index (κ3) is 4.02. The Labute approximate surface area is 141 Å². The van der Waals surface area contributed by atoms with Crippen LogP contribution in [0.1, 0.15) is 19.0 Å². The Bertz CT molecular complexity index is 866. The third-order valence-electron chi connectivity index (χ3n) is 3.37. The van der Waals surface area contributed by atoms with Gasteiger partial charge < -0.3 is 10.1 Å². The monoisotopic (exact) mass is 317 g/mol. The van der Waals surface area contributed by atoms with Crippen LogP contribution in [0.15, 0.2) is 54.6 Å². The fraction of sp³-hybridized carbons (Fsp3) is 0.200. The van der Waals surface area contributed by atoms with E-state index < -0.39 is 0 Å². The van der Waals surface area contributed by atoms with Crippen molar-refractivity contribution < 1.29 is 4.74 Å². The van der Waals surface area contributed by atoms with Gasteiger partial charge in [-0.15, -0.1) is 0 Å². The number of nitrogens with one attached hydrogen (secondary N) is 1. The molecule has 0 aliphatic rings. The van der Waals surface area contributed by atoms with E-state index in [9.17, 15) is 0 Å². The standard InChI is InChI=1S/C20H19N3O/c1-2-14-21-20-19(22-17-11-6-7-12-18(17)23-20)13-8-15-24-16-9-4-3-5-10-16/h3-7,9-12H,2,14-15H2,1H3,(H,21,23). The topological polar surface area (TPSA) is 47.0 Å². The van der Waals surface area contributed by atoms with Gasteiger partial charge >= 0.3 is 0 Å². The maximum Gasteiger partial charge on any atom is 0.161 e. The van der Waals surface area contributed by atoms with Gasteiger partial charge in [-0.2, -0.15) is 0 Å². The van der Waals surface area contributed by atoms with Crippen molar-refractivity contribution in [2.75, 3.05) is 18.5 Å². The highest BCUT2D eigenvalue weighted by atomic mass is 16.5. The molecule has 4 nitrogen and oxygen atoms in total. The zero-order chi connectivity index (χ0) is 16.6. The summed E-state index contributed by atoms with van der Waals surface area (Å²) < 4.78 is 5.59. The van der Waals surface area contributed by atoms with Crippen molar-refractivity contribution in [3.8, 4) is 17.6 Å². The highest BCUT2D eigenvalue weighted by Gasteiger charge is 2.05. The summed E-state index contributed by atoms with van der Waals surface area (Å²) in [6.07, 6.45) is 1.01. The zero-order valence-corrected chi connectivity index (χ0v) is 13.6. The maximum atomic E-state index is 5.59. The maximum absolute atomic E-state index is 5.59. The molecule has 1 heterocycles. The molecule has 0 saturated carbocycles. The van der Waals surface area contributed by atoms with Gasteiger partial charge in [0.25, 0.3) is 0 Å². The van der Waals surface area contributed by atoms with Gasteiger partial charge in [0.2, 0.25) is 0 Å². The van der Waals surface area contributed by atoms with Gasteiger partial charge in [-0.25, -0.2) is 9.97 Å². The summed E-state index contributed by atoms with van der Waals surface area (Å²) in [4.78, 5) is 9.25. The average molecular weight is 317 g/mol. The van der Waals surface area contributed by atoms with Crippen LogP contribution in [0, 0.1) is 11.8 Å². The third-order valence-corrected chi connectivity index (χ3v) is 3.37. The lowest BCUT2D eigenvalue weighted by Crippen LogP contribution is -2.06. The summed E-state index contributed by atoms with van der Waals surface area (Å²) in [5.41, 5.74) is 2.36. The van der Waals surface area contributed by atoms with Gasteiger partial charge in [0, 0.05) is 6.54 Å². The summed E-state index contributed by atoms with van der Waals surface area (Å²) in [7, 11) is 0. The fourth-order valence-electron chi connectivity index (χ4n) is 2.21. The molecule has 0 radical (unpaired) electrons. The van der Waals surface area contributed by atoms with Crippen molar-refractivity contribution in [2.45, 2.75) is 13.3 Å². The second-order valence-corrected chi connectivity index (χ2v) is 5.24. The van der Waals surface area contributed by atoms with Crippen LogP contribution >= 0.6 is 0 Å². The molecule has 0 spiro atoms. The molecule has 4 heteroatoms. The van der Waals surface area contributed by atoms with E-state index in [0.29, 0.717) is 12.3 Å². The SMILES string of the molecule is CCCNc1nc2ccccc2nc1C#CCOc1ccccc1. The molecule has 0 aliphatic heterocycles. The van der Waals surface area contributed by atoms with Gasteiger partial charge in [0.05, 0.1) is 11.0 Å². The number of rotatable bonds is 5. The summed E-state index contributed by atoms with van der Waals surface area (Å²) in [6, 6.07) is 17.4. The molecule has 0 amide bonds. The molecule has 2 aromatic carbocycles. The minimum atomic E-state index is 0.311. The molecule has 0 unspecified atom stereocenters. The van der Waals surface area contributed by atoms with Crippen molar-refractivity contribution >= 4 is 16.9 Å². The van der Waals surface area contributed by atoms with E-state index in [1.165, 1.54) is 0 Å². The van der Waals surface area contributed by atoms with Crippen LogP contribution in [0.3, 0.4) is 0 Å². The molecular formula is C20H19N3O. The first-order valence-corrected chi connectivity index (χ1v) is 8.04. The molecule has 0 saturated heterocycles. The average Bonchev–Trinajstić information content (AvgIpc) is 2.64. The lowest BCUT2D eigenvalue weighted by molar-refractivity contribution is 0.370. The highest BCUT2D eigenvalue weighted by molar-refractivity contribution is 5.77. The molecule has 120 valence electrons. The van der Waals surface area contributed by atoms with Gasteiger partial charge in [0.1, 0.15) is 12.4 Å². The quantitative estimate of drug-likeness (QED) is 0.725. The Morgan fingerprint density at radius 1 is 0.958 bits per heavy atom. The van der Waals surface area contributed by atoms with Crippen molar-refractivity contribution in [1.29, 1.82) is 0 Å². The molecule has 1 N–H and O–H groups in total. The summed E-state index contributed by atoms with van der Waals surface area (Å²) in [5.74, 6) is 7.62. The van der Waals surface area contributed by atoms with Crippen LogP contribution in [0.5, 0.6) is 5.75 Å². The molecule has 24 heavy (non-hydrogen) atoms. The first-order valence-electron chi connectivity index (χ1n) is 8.04. The Balaban J connectivity index is 1.80. The minimum absolute atomic E-state index is 0.311. The second kappa shape index (κ2) is 7.98. The van der Waals surface area contributed by atoms with E-state index in [1.807, 2.05) is 54.6 Å². The summed E-state index contributed by atoms with van der Waals surface area (Å²) in [6.45, 7) is 3.26. The van der Waals surface area contributed by atoms with Crippen molar-refractivity contribution in [1.82, 2.24) is 9.97 Å². The number of fused-ring (bicyclic) bond motifs is 1.